The third kappa shape index (κ3) is 3.65. The van der Waals surface area contributed by atoms with Crippen molar-refractivity contribution in [1.29, 1.82) is 0 Å². The topological polar surface area (TPSA) is 25.8 Å². The average molecular weight is 584 g/mol. The molecule has 44 heavy (non-hydrogen) atoms. The molecule has 0 fully saturated rings. The zero-order chi connectivity index (χ0) is 29.7. The first-order valence-corrected chi connectivity index (χ1v) is 15.8. The molecule has 0 aliphatic carbocycles. The molecule has 9 aromatic rings. The van der Waals surface area contributed by atoms with Gasteiger partial charge in [0.25, 0.3) is 0 Å². The van der Waals surface area contributed by atoms with Gasteiger partial charge in [0.1, 0.15) is 36.4 Å². The Labute approximate surface area is 266 Å². The van der Waals surface area contributed by atoms with Gasteiger partial charge in [-0.05, 0) is 66.7 Å². The van der Waals surface area contributed by atoms with E-state index >= 15 is 0 Å². The fourth-order valence-electron chi connectivity index (χ4n) is 6.63. The van der Waals surface area contributed by atoms with Crippen LogP contribution < -0.4 is 21.9 Å². The molecule has 0 bridgehead atoms. The number of rotatable bonds is 3. The highest BCUT2D eigenvalue weighted by Crippen LogP contribution is 2.43. The largest absolute Gasteiger partial charge is 0.245 e. The molecule has 0 saturated heterocycles. The number of hydrogen-bond acceptors (Lipinski definition) is 4. The first kappa shape index (κ1) is 26.1. The van der Waals surface area contributed by atoms with Crippen LogP contribution in [0.3, 0.4) is 0 Å². The number of benzene rings is 7. The van der Waals surface area contributed by atoms with Gasteiger partial charge >= 0.3 is 0 Å². The molecule has 0 spiro atoms. The van der Waals surface area contributed by atoms with Gasteiger partial charge in [-0.3, -0.25) is 0 Å². The van der Waals surface area contributed by atoms with Crippen molar-refractivity contribution in [3.63, 3.8) is 0 Å². The van der Waals surface area contributed by atoms with Gasteiger partial charge in [0.05, 0.1) is 25.9 Å². The monoisotopic (exact) mass is 584 g/mol. The molecule has 194 valence electrons. The molecule has 0 aliphatic heterocycles. The van der Waals surface area contributed by atoms with E-state index in [-0.39, 0.29) is 0 Å². The van der Waals surface area contributed by atoms with Crippen LogP contribution in [0.5, 0.6) is 0 Å². The van der Waals surface area contributed by atoms with Crippen LogP contribution in [0.4, 0.5) is 0 Å². The van der Waals surface area contributed by atoms with E-state index in [1.807, 2.05) is 35.8 Å². The zero-order valence-electron chi connectivity index (χ0n) is 23.3. The second-order valence-electron chi connectivity index (χ2n) is 11.1. The van der Waals surface area contributed by atoms with Crippen LogP contribution in [0.25, 0.3) is 85.6 Å². The minimum atomic E-state index is 0.426. The van der Waals surface area contributed by atoms with Crippen molar-refractivity contribution in [2.24, 2.45) is 0 Å². The summed E-state index contributed by atoms with van der Waals surface area (Å²) in [6.45, 7) is 0. The molecule has 2 heterocycles. The van der Waals surface area contributed by atoms with Gasteiger partial charge in [-0.25, -0.2) is 9.97 Å². The molecule has 0 unspecified atom stereocenters. The summed E-state index contributed by atoms with van der Waals surface area (Å²) in [7, 11) is 26.9. The van der Waals surface area contributed by atoms with Crippen molar-refractivity contribution in [2.45, 2.75) is 0 Å². The standard InChI is InChI=1S/C36H16B4N2S2/c37-32-30(17-4-2-1-3-5-17)33(38)35(40)31(34(32)39)21-11-7-18-8-12-22-23(13-9-19-6-10-20(21)28(18)29(19)22)36-42-25-15-26-24(41-16-43-26)14-27(25)44-36/h1-16H. The maximum Gasteiger partial charge on any atom is 0.125 e. The van der Waals surface area contributed by atoms with Crippen molar-refractivity contribution >= 4 is 129 Å². The van der Waals surface area contributed by atoms with E-state index in [9.17, 15) is 0 Å². The molecule has 8 heteroatoms. The maximum absolute atomic E-state index is 6.79. The first-order valence-electron chi connectivity index (χ1n) is 14.1. The van der Waals surface area contributed by atoms with Gasteiger partial charge in [-0.1, -0.05) is 101 Å². The van der Waals surface area contributed by atoms with Gasteiger partial charge in [0.15, 0.2) is 0 Å². The Hall–Kier alpha value is -4.38. The molecule has 0 amide bonds. The van der Waals surface area contributed by atoms with E-state index in [2.05, 4.69) is 65.6 Å². The molecule has 0 aliphatic rings. The molecule has 2 aromatic heterocycles. The lowest BCUT2D eigenvalue weighted by molar-refractivity contribution is 1.49. The molecule has 2 nitrogen and oxygen atoms in total. The van der Waals surface area contributed by atoms with Crippen molar-refractivity contribution in [2.75, 3.05) is 0 Å². The van der Waals surface area contributed by atoms with E-state index in [1.54, 1.807) is 22.7 Å². The average Bonchev–Trinajstić information content (AvgIpc) is 3.68. The first-order chi connectivity index (χ1) is 21.5. The number of thiazole rings is 2. The van der Waals surface area contributed by atoms with Crippen LogP contribution in [0.15, 0.2) is 96.5 Å². The number of fused-ring (bicyclic) bond motifs is 2. The highest BCUT2D eigenvalue weighted by molar-refractivity contribution is 7.22. The molecule has 0 N–H and O–H groups in total. The SMILES string of the molecule is [B]c1c([B])c(-c2ccc3ccc4c(-c5nc6cc7scnc7cc6s5)ccc5ccc2c3c54)c([B])c([B])c1-c1ccccc1. The van der Waals surface area contributed by atoms with E-state index < -0.39 is 0 Å². The normalized spacial score (nSPS) is 12.0. The fraction of sp³-hybridized carbons (Fsp3) is 0. The lowest BCUT2D eigenvalue weighted by Crippen LogP contribution is -2.44. The number of hydrogen-bond donors (Lipinski definition) is 0. The van der Waals surface area contributed by atoms with E-state index in [0.29, 0.717) is 33.0 Å². The van der Waals surface area contributed by atoms with Crippen LogP contribution >= 0.6 is 22.7 Å². The fourth-order valence-corrected chi connectivity index (χ4v) is 8.35. The summed E-state index contributed by atoms with van der Waals surface area (Å²) in [4.78, 5) is 9.57. The van der Waals surface area contributed by atoms with Crippen LogP contribution in [-0.2, 0) is 0 Å². The third-order valence-corrected chi connectivity index (χ3v) is 10.6. The summed E-state index contributed by atoms with van der Waals surface area (Å²) >= 11 is 3.34. The van der Waals surface area contributed by atoms with E-state index in [4.69, 9.17) is 36.4 Å². The molecule has 0 saturated carbocycles. The number of aromatic nitrogens is 2. The summed E-state index contributed by atoms with van der Waals surface area (Å²) in [6, 6.07) is 31.3. The quantitative estimate of drug-likeness (QED) is 0.189. The third-order valence-electron chi connectivity index (χ3n) is 8.73. The Bertz CT molecular complexity index is 2530. The van der Waals surface area contributed by atoms with Gasteiger partial charge in [0.2, 0.25) is 0 Å². The molecular formula is C36H16B4N2S2. The summed E-state index contributed by atoms with van der Waals surface area (Å²) in [5.41, 5.74) is 9.81. The Morgan fingerprint density at radius 1 is 0.545 bits per heavy atom. The van der Waals surface area contributed by atoms with Crippen LogP contribution in [0.1, 0.15) is 0 Å². The van der Waals surface area contributed by atoms with Gasteiger partial charge < -0.3 is 0 Å². The van der Waals surface area contributed by atoms with Crippen molar-refractivity contribution in [3.8, 4) is 32.8 Å². The van der Waals surface area contributed by atoms with Crippen molar-refractivity contribution in [3.05, 3.63) is 96.5 Å². The molecule has 8 radical (unpaired) electrons. The summed E-state index contributed by atoms with van der Waals surface area (Å²) in [5.74, 6) is 0. The Kier molecular flexibility index (Phi) is 5.66. The van der Waals surface area contributed by atoms with Gasteiger partial charge in [0, 0.05) is 5.56 Å². The van der Waals surface area contributed by atoms with Crippen LogP contribution in [-0.4, -0.2) is 41.4 Å². The Morgan fingerprint density at radius 2 is 1.14 bits per heavy atom. The van der Waals surface area contributed by atoms with Crippen molar-refractivity contribution < 1.29 is 0 Å². The Balaban J connectivity index is 1.30. The minimum absolute atomic E-state index is 0.426. The number of nitrogens with zero attached hydrogens (tertiary/aromatic N) is 2. The van der Waals surface area contributed by atoms with E-state index in [1.165, 1.54) is 5.39 Å². The second kappa shape index (κ2) is 9.56. The predicted octanol–water partition coefficient (Wildman–Crippen LogP) is 5.98. The smallest absolute Gasteiger partial charge is 0.125 e. The zero-order valence-corrected chi connectivity index (χ0v) is 24.9. The Morgan fingerprint density at radius 3 is 1.84 bits per heavy atom. The lowest BCUT2D eigenvalue weighted by Gasteiger charge is -2.24. The minimum Gasteiger partial charge on any atom is -0.245 e. The summed E-state index contributed by atoms with van der Waals surface area (Å²) < 4.78 is 2.28. The van der Waals surface area contributed by atoms with Crippen LogP contribution in [0, 0.1) is 0 Å². The molecular weight excluding hydrogens is 568 g/mol. The molecule has 7 aromatic carbocycles. The van der Waals surface area contributed by atoms with Gasteiger partial charge in [-0.2, -0.15) is 0 Å². The van der Waals surface area contributed by atoms with E-state index in [0.717, 1.165) is 69.1 Å². The summed E-state index contributed by atoms with van der Waals surface area (Å²) in [5, 5.41) is 7.79. The lowest BCUT2D eigenvalue weighted by atomic mass is 9.62. The maximum atomic E-state index is 6.79. The van der Waals surface area contributed by atoms with Crippen LogP contribution in [0.2, 0.25) is 0 Å². The predicted molar refractivity (Wildman–Crippen MR) is 194 cm³/mol. The highest BCUT2D eigenvalue weighted by Gasteiger charge is 2.20. The second-order valence-corrected chi connectivity index (χ2v) is 13.0. The van der Waals surface area contributed by atoms with Crippen molar-refractivity contribution in [1.82, 2.24) is 9.97 Å². The molecule has 0 atom stereocenters. The van der Waals surface area contributed by atoms with Gasteiger partial charge in [-0.15, -0.1) is 22.7 Å². The highest BCUT2D eigenvalue weighted by atomic mass is 32.1. The summed E-state index contributed by atoms with van der Waals surface area (Å²) in [6.07, 6.45) is 0. The molecule has 9 rings (SSSR count).